The van der Waals surface area contributed by atoms with Crippen LogP contribution in [0.4, 0.5) is 15.9 Å². The minimum Gasteiger partial charge on any atom is -0.380 e. The van der Waals surface area contributed by atoms with E-state index in [1.165, 1.54) is 21.7 Å². The lowest BCUT2D eigenvalue weighted by molar-refractivity contribution is -0.134. The summed E-state index contributed by atoms with van der Waals surface area (Å²) in [5, 5.41) is 22.6. The fourth-order valence-corrected chi connectivity index (χ4v) is 4.34. The minimum absolute atomic E-state index is 0.105. The summed E-state index contributed by atoms with van der Waals surface area (Å²) in [5.74, 6) is -1.51. The number of hydrogen-bond acceptors (Lipinski definition) is 8. The third-order valence-corrected chi connectivity index (χ3v) is 5.89. The first-order valence-electron chi connectivity index (χ1n) is 10.5. The lowest BCUT2D eigenvalue weighted by Crippen LogP contribution is -2.53. The molecule has 4 rings (SSSR count). The quantitative estimate of drug-likeness (QED) is 0.680. The maximum atomic E-state index is 14.6. The Bertz CT molecular complexity index is 1180. The van der Waals surface area contributed by atoms with Gasteiger partial charge in [0.2, 0.25) is 5.91 Å². The average Bonchev–Trinajstić information content (AvgIpc) is 3.11. The van der Waals surface area contributed by atoms with Gasteiger partial charge in [0.15, 0.2) is 5.82 Å². The van der Waals surface area contributed by atoms with Gasteiger partial charge in [-0.3, -0.25) is 9.48 Å². The van der Waals surface area contributed by atoms with Crippen LogP contribution in [0.1, 0.15) is 18.3 Å². The van der Waals surface area contributed by atoms with E-state index in [0.717, 1.165) is 0 Å². The Morgan fingerprint density at radius 1 is 1.39 bits per heavy atom. The number of nitrogens with zero attached hydrogens (tertiary/aromatic N) is 7. The van der Waals surface area contributed by atoms with Crippen LogP contribution in [0.15, 0.2) is 30.1 Å². The fourth-order valence-electron chi connectivity index (χ4n) is 4.34. The molecule has 1 amide bonds. The number of anilines is 2. The smallest absolute Gasteiger partial charge is 0.231 e. The number of ether oxygens (including phenoxy) is 1. The van der Waals surface area contributed by atoms with Crippen molar-refractivity contribution >= 4 is 17.4 Å². The normalized spacial score (nSPS) is 21.4. The van der Waals surface area contributed by atoms with E-state index < -0.39 is 17.8 Å². The van der Waals surface area contributed by atoms with Gasteiger partial charge in [0.1, 0.15) is 23.3 Å². The number of hydrogen-bond donors (Lipinski definition) is 1. The number of carbonyl (C=O) groups is 1. The molecule has 2 aromatic heterocycles. The second-order valence-electron chi connectivity index (χ2n) is 8.01. The van der Waals surface area contributed by atoms with Gasteiger partial charge < -0.3 is 20.3 Å². The van der Waals surface area contributed by atoms with Crippen molar-refractivity contribution in [3.05, 3.63) is 41.5 Å². The highest BCUT2D eigenvalue weighted by Gasteiger charge is 2.38. The number of amides is 1. The number of halogens is 1. The number of nitriles is 1. The molecule has 0 aromatic carbocycles. The highest BCUT2D eigenvalue weighted by molar-refractivity contribution is 5.84. The molecule has 0 aliphatic carbocycles. The van der Waals surface area contributed by atoms with E-state index in [0.29, 0.717) is 41.5 Å². The number of allylic oxidation sites excluding steroid dienone is 3. The van der Waals surface area contributed by atoms with Crippen LogP contribution in [-0.4, -0.2) is 63.6 Å². The fraction of sp³-hybridized carbons (Fsp3) is 0.409. The number of aromatic nitrogens is 4. The third-order valence-electron chi connectivity index (χ3n) is 5.89. The summed E-state index contributed by atoms with van der Waals surface area (Å²) in [7, 11) is 3.28. The van der Waals surface area contributed by atoms with Crippen LogP contribution in [0.3, 0.4) is 0 Å². The van der Waals surface area contributed by atoms with Crippen molar-refractivity contribution in [3.63, 3.8) is 0 Å². The van der Waals surface area contributed by atoms with Gasteiger partial charge in [0.05, 0.1) is 48.7 Å². The maximum absolute atomic E-state index is 14.6. The molecule has 1 unspecified atom stereocenters. The number of carbonyl (C=O) groups excluding carboxylic acids is 1. The Morgan fingerprint density at radius 3 is 2.91 bits per heavy atom. The topological polar surface area (TPSA) is 126 Å². The SMILES string of the molecule is C/C=C\C(F)=C/C1C(=O)N(C)Cc2nn(C)c(C#N)c2-c2cc(c(N)nn2)N2CCOC[C@H]12. The Hall–Kier alpha value is -3.78. The molecule has 0 spiro atoms. The number of morpholine rings is 1. The molecule has 2 aromatic rings. The Kier molecular flexibility index (Phi) is 6.11. The predicted octanol–water partition coefficient (Wildman–Crippen LogP) is 1.55. The van der Waals surface area contributed by atoms with E-state index in [4.69, 9.17) is 10.5 Å². The van der Waals surface area contributed by atoms with Crippen LogP contribution >= 0.6 is 0 Å². The van der Waals surface area contributed by atoms with Gasteiger partial charge in [-0.25, -0.2) is 4.39 Å². The van der Waals surface area contributed by atoms with Crippen LogP contribution in [0.2, 0.25) is 0 Å². The summed E-state index contributed by atoms with van der Waals surface area (Å²) in [5.41, 5.74) is 8.46. The molecule has 2 aliphatic rings. The summed E-state index contributed by atoms with van der Waals surface area (Å²) in [6, 6.07) is 3.39. The largest absolute Gasteiger partial charge is 0.380 e. The zero-order valence-corrected chi connectivity index (χ0v) is 18.7. The molecule has 2 atom stereocenters. The Balaban J connectivity index is 1.97. The lowest BCUT2D eigenvalue weighted by Gasteiger charge is -2.41. The minimum atomic E-state index is -0.858. The maximum Gasteiger partial charge on any atom is 0.231 e. The number of aryl methyl sites for hydroxylation is 1. The molecule has 0 radical (unpaired) electrons. The summed E-state index contributed by atoms with van der Waals surface area (Å²) in [6.07, 6.45) is 4.19. The highest BCUT2D eigenvalue weighted by Crippen LogP contribution is 2.35. The molecule has 4 heterocycles. The van der Waals surface area contributed by atoms with Gasteiger partial charge in [0.25, 0.3) is 0 Å². The molecule has 1 fully saturated rings. The van der Waals surface area contributed by atoms with Crippen molar-refractivity contribution in [3.8, 4) is 17.3 Å². The molecule has 1 saturated heterocycles. The van der Waals surface area contributed by atoms with Crippen molar-refractivity contribution in [2.45, 2.75) is 19.5 Å². The third kappa shape index (κ3) is 4.05. The van der Waals surface area contributed by atoms with E-state index in [9.17, 15) is 14.4 Å². The lowest BCUT2D eigenvalue weighted by atomic mass is 9.94. The van der Waals surface area contributed by atoms with Gasteiger partial charge in [-0.15, -0.1) is 10.2 Å². The molecule has 0 saturated carbocycles. The van der Waals surface area contributed by atoms with Gasteiger partial charge in [-0.2, -0.15) is 10.4 Å². The van der Waals surface area contributed by atoms with Crippen LogP contribution < -0.4 is 10.6 Å². The van der Waals surface area contributed by atoms with Crippen LogP contribution in [0.5, 0.6) is 0 Å². The highest BCUT2D eigenvalue weighted by atomic mass is 19.1. The number of fused-ring (bicyclic) bond motifs is 6. The van der Waals surface area contributed by atoms with Crippen molar-refractivity contribution in [2.24, 2.45) is 13.0 Å². The summed E-state index contributed by atoms with van der Waals surface area (Å²) in [6.45, 7) is 2.85. The van der Waals surface area contributed by atoms with E-state index in [1.807, 2.05) is 4.90 Å². The number of nitrogen functional groups attached to an aromatic ring is 1. The van der Waals surface area contributed by atoms with Gasteiger partial charge in [-0.1, -0.05) is 6.08 Å². The molecule has 10 nitrogen and oxygen atoms in total. The van der Waals surface area contributed by atoms with Crippen molar-refractivity contribution in [2.75, 3.05) is 37.4 Å². The summed E-state index contributed by atoms with van der Waals surface area (Å²) in [4.78, 5) is 17.0. The van der Waals surface area contributed by atoms with E-state index in [1.54, 1.807) is 33.2 Å². The van der Waals surface area contributed by atoms with Crippen LogP contribution in [0.25, 0.3) is 11.3 Å². The Labute approximate surface area is 190 Å². The van der Waals surface area contributed by atoms with Gasteiger partial charge in [-0.05, 0) is 25.1 Å². The number of rotatable bonds is 2. The van der Waals surface area contributed by atoms with Crippen molar-refractivity contribution < 1.29 is 13.9 Å². The Morgan fingerprint density at radius 2 is 2.18 bits per heavy atom. The first kappa shape index (κ1) is 22.4. The van der Waals surface area contributed by atoms with E-state index in [2.05, 4.69) is 21.4 Å². The van der Waals surface area contributed by atoms with E-state index in [-0.39, 0.29) is 24.9 Å². The molecule has 11 heteroatoms. The molecule has 172 valence electrons. The van der Waals surface area contributed by atoms with E-state index >= 15 is 0 Å². The summed E-state index contributed by atoms with van der Waals surface area (Å²) >= 11 is 0. The molecule has 2 aliphatic heterocycles. The first-order chi connectivity index (χ1) is 15.8. The van der Waals surface area contributed by atoms with Crippen molar-refractivity contribution in [1.29, 1.82) is 5.26 Å². The molecule has 2 N–H and O–H groups in total. The first-order valence-corrected chi connectivity index (χ1v) is 10.5. The van der Waals surface area contributed by atoms with Crippen molar-refractivity contribution in [1.82, 2.24) is 24.9 Å². The van der Waals surface area contributed by atoms with Gasteiger partial charge in [0, 0.05) is 20.6 Å². The zero-order chi connectivity index (χ0) is 23.7. The summed E-state index contributed by atoms with van der Waals surface area (Å²) < 4.78 is 21.8. The predicted molar refractivity (Wildman–Crippen MR) is 119 cm³/mol. The molecular formula is C22H25FN8O2. The van der Waals surface area contributed by atoms with Gasteiger partial charge >= 0.3 is 0 Å². The average molecular weight is 452 g/mol. The second kappa shape index (κ2) is 8.99. The molecule has 33 heavy (non-hydrogen) atoms. The standard InChI is InChI=1S/C22H25FN8O2/c1-4-5-13(23)8-14-19-12-33-7-6-31(19)17-9-15(26-27-21(17)25)20-16(11-29(2)22(14)32)28-30(3)18(20)10-24/h4-5,8-9,14,19H,6-7,11-12H2,1-3H3,(H2,25,27)/b5-4-,13-8+/t14?,19-/m1/s1. The molecular weight excluding hydrogens is 427 g/mol. The second-order valence-corrected chi connectivity index (χ2v) is 8.01. The van der Waals surface area contributed by atoms with Crippen LogP contribution in [-0.2, 0) is 23.1 Å². The van der Waals surface area contributed by atoms with Crippen LogP contribution in [0, 0.1) is 17.2 Å². The molecule has 2 bridgehead atoms. The number of nitrogens with two attached hydrogens (primary N) is 1. The zero-order valence-electron chi connectivity index (χ0n) is 18.7. The monoisotopic (exact) mass is 452 g/mol.